The Morgan fingerprint density at radius 2 is 1.71 bits per heavy atom. The minimum absolute atomic E-state index is 0.0565. The minimum Gasteiger partial charge on any atom is -0.350 e. The summed E-state index contributed by atoms with van der Waals surface area (Å²) in [7, 11) is 0. The molecular weight excluding hydrogens is 324 g/mol. The number of halogens is 1. The van der Waals surface area contributed by atoms with Crippen molar-refractivity contribution in [1.82, 2.24) is 5.32 Å². The third-order valence-corrected chi connectivity index (χ3v) is 4.16. The molecule has 0 aliphatic carbocycles. The molecule has 2 amide bonds. The minimum atomic E-state index is -0.185. The van der Waals surface area contributed by atoms with Crippen LogP contribution in [0.4, 0.5) is 5.69 Å². The van der Waals surface area contributed by atoms with Crippen LogP contribution in [0.5, 0.6) is 0 Å². The van der Waals surface area contributed by atoms with Gasteiger partial charge in [-0.05, 0) is 61.4 Å². The van der Waals surface area contributed by atoms with E-state index in [-0.39, 0.29) is 11.8 Å². The van der Waals surface area contributed by atoms with Crippen molar-refractivity contribution in [1.29, 1.82) is 0 Å². The lowest BCUT2D eigenvalue weighted by atomic mass is 10.1. The molecule has 0 aromatic heterocycles. The van der Waals surface area contributed by atoms with Gasteiger partial charge >= 0.3 is 0 Å². The number of amides is 2. The van der Waals surface area contributed by atoms with Gasteiger partial charge in [0.25, 0.3) is 5.91 Å². The van der Waals surface area contributed by atoms with Gasteiger partial charge in [0.2, 0.25) is 5.91 Å². The molecule has 24 heavy (non-hydrogen) atoms. The van der Waals surface area contributed by atoms with Crippen LogP contribution >= 0.6 is 11.6 Å². The van der Waals surface area contributed by atoms with Crippen LogP contribution in [0.1, 0.15) is 28.4 Å². The SMILES string of the molecule is CC(=O)N(CCNC(=O)c1ccc(Cl)cc1)c1ccc(C)c(C)c1. The lowest BCUT2D eigenvalue weighted by Gasteiger charge is -2.22. The summed E-state index contributed by atoms with van der Waals surface area (Å²) in [5.74, 6) is -0.241. The largest absolute Gasteiger partial charge is 0.350 e. The standard InChI is InChI=1S/C19H21ClN2O2/c1-13-4-9-18(12-14(13)2)22(15(3)23)11-10-21-19(24)16-5-7-17(20)8-6-16/h4-9,12H,10-11H2,1-3H3,(H,21,24). The second-order valence-corrected chi connectivity index (χ2v) is 6.14. The number of carbonyl (C=O) groups is 2. The molecule has 0 unspecified atom stereocenters. The average Bonchev–Trinajstić information content (AvgIpc) is 2.54. The lowest BCUT2D eigenvalue weighted by molar-refractivity contribution is -0.116. The van der Waals surface area contributed by atoms with Crippen LogP contribution in [0.15, 0.2) is 42.5 Å². The zero-order chi connectivity index (χ0) is 17.7. The number of benzene rings is 2. The first-order chi connectivity index (χ1) is 11.4. The Bertz CT molecular complexity index is 742. The highest BCUT2D eigenvalue weighted by Crippen LogP contribution is 2.18. The molecule has 0 saturated carbocycles. The summed E-state index contributed by atoms with van der Waals surface area (Å²) in [6, 6.07) is 12.6. The molecule has 0 radical (unpaired) electrons. The van der Waals surface area contributed by atoms with E-state index in [4.69, 9.17) is 11.6 Å². The van der Waals surface area contributed by atoms with Gasteiger partial charge in [-0.25, -0.2) is 0 Å². The number of carbonyl (C=O) groups excluding carboxylic acids is 2. The molecule has 1 N–H and O–H groups in total. The molecule has 2 aromatic rings. The Labute approximate surface area is 147 Å². The van der Waals surface area contributed by atoms with Gasteiger partial charge in [0.05, 0.1) is 0 Å². The quantitative estimate of drug-likeness (QED) is 0.898. The summed E-state index contributed by atoms with van der Waals surface area (Å²) in [5.41, 5.74) is 3.69. The molecule has 2 aromatic carbocycles. The maximum Gasteiger partial charge on any atom is 0.251 e. The van der Waals surface area contributed by atoms with E-state index in [1.807, 2.05) is 32.0 Å². The van der Waals surface area contributed by atoms with Gasteiger partial charge in [0.15, 0.2) is 0 Å². The zero-order valence-electron chi connectivity index (χ0n) is 14.1. The molecule has 0 aliphatic rings. The summed E-state index contributed by atoms with van der Waals surface area (Å²) >= 11 is 5.81. The molecule has 4 nitrogen and oxygen atoms in total. The second-order valence-electron chi connectivity index (χ2n) is 5.70. The van der Waals surface area contributed by atoms with Gasteiger partial charge in [-0.15, -0.1) is 0 Å². The maximum atomic E-state index is 12.1. The summed E-state index contributed by atoms with van der Waals surface area (Å²) in [6.45, 7) is 6.35. The van der Waals surface area contributed by atoms with Crippen molar-refractivity contribution >= 4 is 29.1 Å². The fourth-order valence-electron chi connectivity index (χ4n) is 2.35. The van der Waals surface area contributed by atoms with Crippen LogP contribution in [-0.4, -0.2) is 24.9 Å². The van der Waals surface area contributed by atoms with Gasteiger partial charge in [-0.3, -0.25) is 9.59 Å². The Morgan fingerprint density at radius 3 is 2.29 bits per heavy atom. The second kappa shape index (κ2) is 7.97. The van der Waals surface area contributed by atoms with Crippen molar-refractivity contribution in [2.75, 3.05) is 18.0 Å². The fourth-order valence-corrected chi connectivity index (χ4v) is 2.47. The third kappa shape index (κ3) is 4.59. The van der Waals surface area contributed by atoms with E-state index in [2.05, 4.69) is 5.32 Å². The van der Waals surface area contributed by atoms with Crippen LogP contribution in [-0.2, 0) is 4.79 Å². The number of hydrogen-bond donors (Lipinski definition) is 1. The number of nitrogens with one attached hydrogen (secondary N) is 1. The van der Waals surface area contributed by atoms with E-state index in [0.29, 0.717) is 23.7 Å². The van der Waals surface area contributed by atoms with Crippen molar-refractivity contribution in [3.8, 4) is 0 Å². The number of aryl methyl sites for hydroxylation is 2. The predicted molar refractivity (Wildman–Crippen MR) is 97.7 cm³/mol. The number of nitrogens with zero attached hydrogens (tertiary/aromatic N) is 1. The molecular formula is C19H21ClN2O2. The Kier molecular flexibility index (Phi) is 5.99. The van der Waals surface area contributed by atoms with E-state index in [1.165, 1.54) is 12.5 Å². The molecule has 0 bridgehead atoms. The van der Waals surface area contributed by atoms with Gasteiger partial charge in [-0.2, -0.15) is 0 Å². The molecule has 0 aliphatic heterocycles. The van der Waals surface area contributed by atoms with Crippen molar-refractivity contribution in [3.63, 3.8) is 0 Å². The third-order valence-electron chi connectivity index (χ3n) is 3.91. The molecule has 2 rings (SSSR count). The first-order valence-electron chi connectivity index (χ1n) is 7.77. The summed E-state index contributed by atoms with van der Waals surface area (Å²) < 4.78 is 0. The molecule has 0 heterocycles. The van der Waals surface area contributed by atoms with E-state index in [0.717, 1.165) is 11.3 Å². The first-order valence-corrected chi connectivity index (χ1v) is 8.15. The summed E-state index contributed by atoms with van der Waals surface area (Å²) in [4.78, 5) is 25.7. The van der Waals surface area contributed by atoms with Crippen LogP contribution in [0.3, 0.4) is 0 Å². The highest BCUT2D eigenvalue weighted by atomic mass is 35.5. The monoisotopic (exact) mass is 344 g/mol. The Morgan fingerprint density at radius 1 is 1.04 bits per heavy atom. The van der Waals surface area contributed by atoms with Crippen molar-refractivity contribution in [2.24, 2.45) is 0 Å². The van der Waals surface area contributed by atoms with Gasteiger partial charge in [0, 0.05) is 36.3 Å². The average molecular weight is 345 g/mol. The van der Waals surface area contributed by atoms with E-state index in [9.17, 15) is 9.59 Å². The van der Waals surface area contributed by atoms with E-state index in [1.54, 1.807) is 29.2 Å². The number of rotatable bonds is 5. The molecule has 0 spiro atoms. The molecule has 126 valence electrons. The van der Waals surface area contributed by atoms with Crippen molar-refractivity contribution in [3.05, 3.63) is 64.2 Å². The fraction of sp³-hybridized carbons (Fsp3) is 0.263. The molecule has 0 saturated heterocycles. The normalized spacial score (nSPS) is 10.3. The maximum absolute atomic E-state index is 12.1. The first kappa shape index (κ1) is 18.0. The van der Waals surface area contributed by atoms with Crippen LogP contribution in [0, 0.1) is 13.8 Å². The highest BCUT2D eigenvalue weighted by Gasteiger charge is 2.13. The Hall–Kier alpha value is -2.33. The molecule has 5 heteroatoms. The lowest BCUT2D eigenvalue weighted by Crippen LogP contribution is -2.37. The van der Waals surface area contributed by atoms with Crippen molar-refractivity contribution in [2.45, 2.75) is 20.8 Å². The summed E-state index contributed by atoms with van der Waals surface area (Å²) in [6.07, 6.45) is 0. The van der Waals surface area contributed by atoms with Crippen molar-refractivity contribution < 1.29 is 9.59 Å². The van der Waals surface area contributed by atoms with Crippen LogP contribution in [0.2, 0.25) is 5.02 Å². The molecule has 0 fully saturated rings. The smallest absolute Gasteiger partial charge is 0.251 e. The van der Waals surface area contributed by atoms with E-state index < -0.39 is 0 Å². The predicted octanol–water partition coefficient (Wildman–Crippen LogP) is 3.74. The Balaban J connectivity index is 1.99. The van der Waals surface area contributed by atoms with Crippen LogP contribution < -0.4 is 10.2 Å². The van der Waals surface area contributed by atoms with Gasteiger partial charge in [-0.1, -0.05) is 17.7 Å². The number of anilines is 1. The van der Waals surface area contributed by atoms with Crippen LogP contribution in [0.25, 0.3) is 0 Å². The zero-order valence-corrected chi connectivity index (χ0v) is 14.9. The molecule has 0 atom stereocenters. The topological polar surface area (TPSA) is 49.4 Å². The van der Waals surface area contributed by atoms with Gasteiger partial charge < -0.3 is 10.2 Å². The summed E-state index contributed by atoms with van der Waals surface area (Å²) in [5, 5.41) is 3.41. The highest BCUT2D eigenvalue weighted by molar-refractivity contribution is 6.30. The van der Waals surface area contributed by atoms with Gasteiger partial charge in [0.1, 0.15) is 0 Å². The number of hydrogen-bond acceptors (Lipinski definition) is 2. The van der Waals surface area contributed by atoms with E-state index >= 15 is 0 Å².